The fraction of sp³-hybridized carbons (Fsp3) is 0.938. The fourth-order valence-corrected chi connectivity index (χ4v) is 2.32. The molecule has 1 atom stereocenters. The molecule has 110 valence electrons. The van der Waals surface area contributed by atoms with Crippen molar-refractivity contribution in [2.45, 2.75) is 77.3 Å². The Bertz CT molecular complexity index is 272. The zero-order valence-electron chi connectivity index (χ0n) is 13.0. The molecule has 19 heavy (non-hydrogen) atoms. The van der Waals surface area contributed by atoms with Gasteiger partial charge in [0.15, 0.2) is 0 Å². The Balaban J connectivity index is 2.36. The van der Waals surface area contributed by atoms with Crippen LogP contribution in [-0.2, 0) is 0 Å². The van der Waals surface area contributed by atoms with Crippen LogP contribution < -0.4 is 5.32 Å². The van der Waals surface area contributed by atoms with Crippen molar-refractivity contribution in [3.8, 4) is 6.07 Å². The van der Waals surface area contributed by atoms with Crippen molar-refractivity contribution < 1.29 is 0 Å². The van der Waals surface area contributed by atoms with Crippen LogP contribution in [0.15, 0.2) is 0 Å². The Morgan fingerprint density at radius 3 is 2.16 bits per heavy atom. The van der Waals surface area contributed by atoms with Gasteiger partial charge in [-0.3, -0.25) is 5.32 Å². The normalized spacial score (nSPS) is 18.3. The SMILES string of the molecule is CCCCN(CCCC)CCC(C)(C#N)NC1CC1. The van der Waals surface area contributed by atoms with Gasteiger partial charge in [-0.2, -0.15) is 5.26 Å². The first kappa shape index (κ1) is 16.5. The maximum absolute atomic E-state index is 9.40. The van der Waals surface area contributed by atoms with Gasteiger partial charge in [0.25, 0.3) is 0 Å². The maximum atomic E-state index is 9.40. The van der Waals surface area contributed by atoms with Crippen LogP contribution in [0.4, 0.5) is 0 Å². The second kappa shape index (κ2) is 8.55. The molecule has 0 aromatic rings. The molecule has 3 heteroatoms. The van der Waals surface area contributed by atoms with Crippen molar-refractivity contribution in [3.63, 3.8) is 0 Å². The van der Waals surface area contributed by atoms with Gasteiger partial charge in [0, 0.05) is 12.6 Å². The van der Waals surface area contributed by atoms with Gasteiger partial charge in [-0.05, 0) is 52.1 Å². The van der Waals surface area contributed by atoms with E-state index in [0.717, 1.165) is 13.0 Å². The molecule has 1 fully saturated rings. The van der Waals surface area contributed by atoms with E-state index >= 15 is 0 Å². The molecule has 1 saturated carbocycles. The summed E-state index contributed by atoms with van der Waals surface area (Å²) in [5.74, 6) is 0. The van der Waals surface area contributed by atoms with Crippen LogP contribution in [0.3, 0.4) is 0 Å². The van der Waals surface area contributed by atoms with E-state index < -0.39 is 0 Å². The number of hydrogen-bond donors (Lipinski definition) is 1. The molecule has 1 N–H and O–H groups in total. The lowest BCUT2D eigenvalue weighted by Gasteiger charge is -2.28. The number of nitriles is 1. The van der Waals surface area contributed by atoms with Gasteiger partial charge in [-0.1, -0.05) is 26.7 Å². The van der Waals surface area contributed by atoms with Crippen LogP contribution >= 0.6 is 0 Å². The topological polar surface area (TPSA) is 39.1 Å². The maximum Gasteiger partial charge on any atom is 0.105 e. The molecule has 0 aromatic heterocycles. The lowest BCUT2D eigenvalue weighted by Crippen LogP contribution is -2.45. The van der Waals surface area contributed by atoms with Crippen molar-refractivity contribution in [2.24, 2.45) is 0 Å². The molecule has 1 rings (SSSR count). The molecule has 0 aliphatic heterocycles. The van der Waals surface area contributed by atoms with Gasteiger partial charge >= 0.3 is 0 Å². The van der Waals surface area contributed by atoms with Gasteiger partial charge in [-0.25, -0.2) is 0 Å². The molecule has 1 aliphatic carbocycles. The van der Waals surface area contributed by atoms with E-state index in [1.165, 1.54) is 51.6 Å². The van der Waals surface area contributed by atoms with Crippen LogP contribution in [0.25, 0.3) is 0 Å². The zero-order valence-corrected chi connectivity index (χ0v) is 13.0. The van der Waals surface area contributed by atoms with Gasteiger partial charge in [0.05, 0.1) is 6.07 Å². The van der Waals surface area contributed by atoms with Crippen LogP contribution in [0, 0.1) is 11.3 Å². The van der Waals surface area contributed by atoms with E-state index in [0.29, 0.717) is 6.04 Å². The lowest BCUT2D eigenvalue weighted by molar-refractivity contribution is 0.237. The van der Waals surface area contributed by atoms with Gasteiger partial charge < -0.3 is 4.90 Å². The Hall–Kier alpha value is -0.590. The molecular formula is C16H31N3. The Labute approximate surface area is 119 Å². The summed E-state index contributed by atoms with van der Waals surface area (Å²) in [7, 11) is 0. The highest BCUT2D eigenvalue weighted by molar-refractivity contribution is 5.07. The third-order valence-electron chi connectivity index (χ3n) is 3.93. The molecule has 0 amide bonds. The minimum Gasteiger partial charge on any atom is -0.303 e. The van der Waals surface area contributed by atoms with Crippen LogP contribution in [0.5, 0.6) is 0 Å². The number of nitrogens with one attached hydrogen (secondary N) is 1. The Morgan fingerprint density at radius 1 is 1.16 bits per heavy atom. The molecule has 0 spiro atoms. The standard InChI is InChI=1S/C16H31N3/c1-4-6-11-19(12-7-5-2)13-10-16(3,14-17)18-15-8-9-15/h15,18H,4-13H2,1-3H3. The predicted octanol–water partition coefficient (Wildman–Crippen LogP) is 3.31. The molecule has 1 unspecified atom stereocenters. The zero-order chi connectivity index (χ0) is 14.1. The molecule has 0 saturated heterocycles. The summed E-state index contributed by atoms with van der Waals surface area (Å²) in [5, 5.41) is 12.9. The van der Waals surface area contributed by atoms with Crippen molar-refractivity contribution in [1.29, 1.82) is 5.26 Å². The highest BCUT2D eigenvalue weighted by atomic mass is 15.1. The number of hydrogen-bond acceptors (Lipinski definition) is 3. The first-order valence-electron chi connectivity index (χ1n) is 8.05. The largest absolute Gasteiger partial charge is 0.303 e. The molecule has 0 aromatic carbocycles. The monoisotopic (exact) mass is 265 g/mol. The third-order valence-corrected chi connectivity index (χ3v) is 3.93. The van der Waals surface area contributed by atoms with E-state index in [1.807, 2.05) is 0 Å². The minimum absolute atomic E-state index is 0.335. The van der Waals surface area contributed by atoms with E-state index in [1.54, 1.807) is 0 Å². The average molecular weight is 265 g/mol. The molecular weight excluding hydrogens is 234 g/mol. The molecule has 0 bridgehead atoms. The Kier molecular flexibility index (Phi) is 7.41. The van der Waals surface area contributed by atoms with Gasteiger partial charge in [0.2, 0.25) is 0 Å². The summed E-state index contributed by atoms with van der Waals surface area (Å²) in [6, 6.07) is 3.08. The second-order valence-electron chi connectivity index (χ2n) is 6.16. The third kappa shape index (κ3) is 6.94. The number of nitrogens with zero attached hydrogens (tertiary/aromatic N) is 2. The van der Waals surface area contributed by atoms with Crippen LogP contribution in [0.1, 0.15) is 65.7 Å². The average Bonchev–Trinajstić information content (AvgIpc) is 3.21. The van der Waals surface area contributed by atoms with Gasteiger partial charge in [-0.15, -0.1) is 0 Å². The van der Waals surface area contributed by atoms with Crippen molar-refractivity contribution >= 4 is 0 Å². The number of rotatable bonds is 11. The molecule has 1 aliphatic rings. The van der Waals surface area contributed by atoms with E-state index in [-0.39, 0.29) is 5.54 Å². The van der Waals surface area contributed by atoms with E-state index in [2.05, 4.69) is 37.1 Å². The molecule has 0 heterocycles. The summed E-state index contributed by atoms with van der Waals surface area (Å²) >= 11 is 0. The summed E-state index contributed by atoms with van der Waals surface area (Å²) < 4.78 is 0. The fourth-order valence-electron chi connectivity index (χ4n) is 2.32. The minimum atomic E-state index is -0.335. The smallest absolute Gasteiger partial charge is 0.105 e. The lowest BCUT2D eigenvalue weighted by atomic mass is 9.99. The van der Waals surface area contributed by atoms with Gasteiger partial charge in [0.1, 0.15) is 5.54 Å². The summed E-state index contributed by atoms with van der Waals surface area (Å²) in [5.41, 5.74) is -0.335. The summed E-state index contributed by atoms with van der Waals surface area (Å²) in [6.07, 6.45) is 8.45. The first-order valence-corrected chi connectivity index (χ1v) is 8.05. The van der Waals surface area contributed by atoms with Crippen molar-refractivity contribution in [3.05, 3.63) is 0 Å². The second-order valence-corrected chi connectivity index (χ2v) is 6.16. The van der Waals surface area contributed by atoms with E-state index in [4.69, 9.17) is 0 Å². The quantitative estimate of drug-likeness (QED) is 0.623. The highest BCUT2D eigenvalue weighted by Gasteiger charge is 2.32. The van der Waals surface area contributed by atoms with Crippen LogP contribution in [0.2, 0.25) is 0 Å². The summed E-state index contributed by atoms with van der Waals surface area (Å²) in [6.45, 7) is 9.95. The van der Waals surface area contributed by atoms with Crippen molar-refractivity contribution in [1.82, 2.24) is 10.2 Å². The summed E-state index contributed by atoms with van der Waals surface area (Å²) in [4.78, 5) is 2.54. The highest BCUT2D eigenvalue weighted by Crippen LogP contribution is 2.24. The number of unbranched alkanes of at least 4 members (excludes halogenated alkanes) is 2. The Morgan fingerprint density at radius 2 is 1.74 bits per heavy atom. The van der Waals surface area contributed by atoms with Crippen molar-refractivity contribution in [2.75, 3.05) is 19.6 Å². The molecule has 0 radical (unpaired) electrons. The first-order chi connectivity index (χ1) is 9.13. The van der Waals surface area contributed by atoms with E-state index in [9.17, 15) is 5.26 Å². The van der Waals surface area contributed by atoms with Crippen LogP contribution in [-0.4, -0.2) is 36.1 Å². The molecule has 3 nitrogen and oxygen atoms in total. The predicted molar refractivity (Wildman–Crippen MR) is 81.0 cm³/mol.